The number of para-hydroxylation sites is 4. The number of nitrogens with zero attached hydrogens (tertiary/aromatic N) is 2. The highest BCUT2D eigenvalue weighted by Crippen LogP contribution is 2.66. The van der Waals surface area contributed by atoms with Gasteiger partial charge in [0.2, 0.25) is 0 Å². The average molecular weight is 837 g/mol. The summed E-state index contributed by atoms with van der Waals surface area (Å²) in [5.41, 5.74) is 18.3. The zero-order valence-corrected chi connectivity index (χ0v) is 37.7. The molecule has 2 aliphatic carbocycles. The van der Waals surface area contributed by atoms with E-state index in [9.17, 15) is 0 Å². The van der Waals surface area contributed by atoms with Crippen LogP contribution in [0, 0.1) is 6.92 Å². The molecular weight excluding hydrogens is 789 g/mol. The van der Waals surface area contributed by atoms with Crippen molar-refractivity contribution in [2.45, 2.75) is 32.0 Å². The fourth-order valence-corrected chi connectivity index (χ4v) is 12.8. The molecule has 3 heteroatoms. The predicted octanol–water partition coefficient (Wildman–Crippen LogP) is 16.1. The van der Waals surface area contributed by atoms with E-state index >= 15 is 0 Å². The average Bonchev–Trinajstić information content (AvgIpc) is 3.80. The third-order valence-electron chi connectivity index (χ3n) is 13.9. The van der Waals surface area contributed by atoms with Crippen molar-refractivity contribution in [3.05, 3.63) is 246 Å². The summed E-state index contributed by atoms with van der Waals surface area (Å²) in [6.45, 7) is 9.57. The van der Waals surface area contributed by atoms with E-state index in [2.05, 4.69) is 255 Å². The van der Waals surface area contributed by atoms with Crippen LogP contribution in [0.2, 0.25) is 19.6 Å². The Balaban J connectivity index is 1.18. The number of rotatable bonds is 7. The number of hydrogen-bond acceptors (Lipinski definition) is 2. The smallest absolute Gasteiger partial charge is 0.0803 e. The molecule has 1 spiro atoms. The summed E-state index contributed by atoms with van der Waals surface area (Å²) in [6.07, 6.45) is 0. The molecule has 0 heterocycles. The highest BCUT2D eigenvalue weighted by Gasteiger charge is 2.53. The highest BCUT2D eigenvalue weighted by atomic mass is 28.3. The first-order valence-electron chi connectivity index (χ1n) is 22.5. The minimum Gasteiger partial charge on any atom is -0.311 e. The van der Waals surface area contributed by atoms with Gasteiger partial charge in [-0.25, -0.2) is 0 Å². The third-order valence-corrected chi connectivity index (χ3v) is 15.9. The summed E-state index contributed by atoms with van der Waals surface area (Å²) >= 11 is 0. The van der Waals surface area contributed by atoms with Gasteiger partial charge in [0, 0.05) is 33.8 Å². The Kier molecular flexibility index (Phi) is 8.69. The molecule has 0 unspecified atom stereocenters. The molecule has 10 aromatic rings. The molecule has 0 bridgehead atoms. The summed E-state index contributed by atoms with van der Waals surface area (Å²) in [5.74, 6) is 0. The number of anilines is 6. The molecule has 0 N–H and O–H groups in total. The van der Waals surface area contributed by atoms with Crippen molar-refractivity contribution in [3.63, 3.8) is 0 Å². The van der Waals surface area contributed by atoms with E-state index in [1.807, 2.05) is 0 Å². The Labute approximate surface area is 377 Å². The second-order valence-corrected chi connectivity index (χ2v) is 23.5. The summed E-state index contributed by atoms with van der Waals surface area (Å²) in [4.78, 5) is 4.97. The normalized spacial score (nSPS) is 13.1. The lowest BCUT2D eigenvalue weighted by Gasteiger charge is -2.34. The Hall–Kier alpha value is -7.46. The van der Waals surface area contributed by atoms with Gasteiger partial charge in [0.1, 0.15) is 0 Å². The van der Waals surface area contributed by atoms with Crippen LogP contribution in [0.1, 0.15) is 27.8 Å². The van der Waals surface area contributed by atoms with Crippen LogP contribution in [0.5, 0.6) is 0 Å². The van der Waals surface area contributed by atoms with Crippen molar-refractivity contribution < 1.29 is 0 Å². The van der Waals surface area contributed by atoms with Gasteiger partial charge in [-0.2, -0.15) is 0 Å². The first kappa shape index (κ1) is 38.2. The van der Waals surface area contributed by atoms with E-state index in [1.54, 1.807) is 0 Å². The lowest BCUT2D eigenvalue weighted by atomic mass is 9.69. The summed E-state index contributed by atoms with van der Waals surface area (Å²) in [7, 11) is -1.73. The maximum absolute atomic E-state index is 2.56. The van der Waals surface area contributed by atoms with Crippen LogP contribution in [-0.2, 0) is 5.41 Å². The van der Waals surface area contributed by atoms with Crippen LogP contribution in [0.15, 0.2) is 218 Å². The first-order valence-corrected chi connectivity index (χ1v) is 26.0. The maximum Gasteiger partial charge on any atom is 0.0803 e. The van der Waals surface area contributed by atoms with Crippen LogP contribution in [-0.4, -0.2) is 8.07 Å². The molecule has 0 saturated heterocycles. The lowest BCUT2D eigenvalue weighted by Crippen LogP contribution is -2.40. The van der Waals surface area contributed by atoms with Gasteiger partial charge in [0.25, 0.3) is 0 Å². The lowest BCUT2D eigenvalue weighted by molar-refractivity contribution is 0.802. The second-order valence-electron chi connectivity index (χ2n) is 18.5. The minimum absolute atomic E-state index is 0.574. The molecule has 0 amide bonds. The van der Waals surface area contributed by atoms with E-state index in [-0.39, 0.29) is 0 Å². The van der Waals surface area contributed by atoms with Crippen molar-refractivity contribution in [2.24, 2.45) is 0 Å². The molecular formula is C61H48N2Si. The van der Waals surface area contributed by atoms with Gasteiger partial charge >= 0.3 is 0 Å². The Bertz CT molecular complexity index is 3410. The molecule has 0 fully saturated rings. The summed E-state index contributed by atoms with van der Waals surface area (Å²) in [6, 6.07) is 81.7. The molecule has 10 aromatic carbocycles. The van der Waals surface area contributed by atoms with Gasteiger partial charge in [-0.15, -0.1) is 0 Å². The van der Waals surface area contributed by atoms with Gasteiger partial charge in [0.05, 0.1) is 19.2 Å². The maximum atomic E-state index is 2.56. The monoisotopic (exact) mass is 836 g/mol. The van der Waals surface area contributed by atoms with Gasteiger partial charge in [0.15, 0.2) is 0 Å². The molecule has 0 aliphatic heterocycles. The van der Waals surface area contributed by atoms with Crippen molar-refractivity contribution in [1.82, 2.24) is 0 Å². The number of benzene rings is 10. The standard InChI is InChI=1S/C61H48N2Si/c1-41-21-11-18-32-55(41)63(44-24-9-6-10-25-44)57-40-54-59(50-29-13-12-28-49(50)57)51-37-35-42-39-45(62(43-22-7-5-8-23-43)56-33-19-20-34-58(56)64(2,3)4)36-38-46(42)60(51)61(54)52-30-16-14-26-47(52)48-27-15-17-31-53(48)61/h5-40H,1-4H3. The fourth-order valence-electron chi connectivity index (χ4n) is 11.2. The SMILES string of the molecule is Cc1ccccc1N(c1ccccc1)c1cc2c(c3ccccc13)-c1ccc3cc(N(c4ccccc4)c4ccccc4[Si](C)(C)C)ccc3c1C21c2ccccc2-c2ccccc21. The zero-order valence-electron chi connectivity index (χ0n) is 36.7. The van der Waals surface area contributed by atoms with Crippen LogP contribution in [0.4, 0.5) is 34.1 Å². The molecule has 0 atom stereocenters. The van der Waals surface area contributed by atoms with Crippen LogP contribution >= 0.6 is 0 Å². The van der Waals surface area contributed by atoms with E-state index in [0.717, 1.165) is 17.1 Å². The van der Waals surface area contributed by atoms with Crippen LogP contribution in [0.3, 0.4) is 0 Å². The van der Waals surface area contributed by atoms with E-state index in [1.165, 1.54) is 93.9 Å². The van der Waals surface area contributed by atoms with Crippen molar-refractivity contribution >= 4 is 68.9 Å². The Morgan fingerprint density at radius 1 is 0.375 bits per heavy atom. The van der Waals surface area contributed by atoms with Gasteiger partial charge in [-0.05, 0) is 133 Å². The van der Waals surface area contributed by atoms with Crippen molar-refractivity contribution in [2.75, 3.05) is 9.80 Å². The quantitative estimate of drug-likeness (QED) is 0.148. The van der Waals surface area contributed by atoms with Gasteiger partial charge in [-0.1, -0.05) is 183 Å². The van der Waals surface area contributed by atoms with Crippen molar-refractivity contribution in [3.8, 4) is 22.3 Å². The predicted molar refractivity (Wildman–Crippen MR) is 275 cm³/mol. The molecule has 0 saturated carbocycles. The van der Waals surface area contributed by atoms with Gasteiger partial charge in [-0.3, -0.25) is 0 Å². The van der Waals surface area contributed by atoms with E-state index < -0.39 is 13.5 Å². The molecule has 0 aromatic heterocycles. The largest absolute Gasteiger partial charge is 0.311 e. The minimum atomic E-state index is -1.73. The van der Waals surface area contributed by atoms with E-state index in [0.29, 0.717) is 0 Å². The fraction of sp³-hybridized carbons (Fsp3) is 0.0820. The molecule has 2 aliphatic rings. The summed E-state index contributed by atoms with van der Waals surface area (Å²) in [5, 5.41) is 6.44. The number of aryl methyl sites for hydroxylation is 1. The number of fused-ring (bicyclic) bond motifs is 14. The van der Waals surface area contributed by atoms with Gasteiger partial charge < -0.3 is 9.80 Å². The molecule has 0 radical (unpaired) electrons. The molecule has 2 nitrogen and oxygen atoms in total. The first-order chi connectivity index (χ1) is 31.3. The topological polar surface area (TPSA) is 6.48 Å². The van der Waals surface area contributed by atoms with Crippen LogP contribution < -0.4 is 15.0 Å². The third kappa shape index (κ3) is 5.57. The van der Waals surface area contributed by atoms with E-state index in [4.69, 9.17) is 0 Å². The molecule has 12 rings (SSSR count). The van der Waals surface area contributed by atoms with Crippen LogP contribution in [0.25, 0.3) is 43.8 Å². The zero-order chi connectivity index (χ0) is 43.2. The Morgan fingerprint density at radius 2 is 0.938 bits per heavy atom. The molecule has 306 valence electrons. The second kappa shape index (κ2) is 14.6. The number of hydrogen-bond donors (Lipinski definition) is 0. The Morgan fingerprint density at radius 3 is 1.61 bits per heavy atom. The summed E-state index contributed by atoms with van der Waals surface area (Å²) < 4.78 is 0. The molecule has 64 heavy (non-hydrogen) atoms. The highest BCUT2D eigenvalue weighted by molar-refractivity contribution is 6.89. The van der Waals surface area contributed by atoms with Crippen molar-refractivity contribution in [1.29, 1.82) is 0 Å².